The molecule has 0 amide bonds. The third-order valence-corrected chi connectivity index (χ3v) is 4.73. The van der Waals surface area contributed by atoms with E-state index in [0.717, 1.165) is 24.8 Å². The van der Waals surface area contributed by atoms with Gasteiger partial charge in [0.2, 0.25) is 0 Å². The van der Waals surface area contributed by atoms with Crippen molar-refractivity contribution in [2.24, 2.45) is 5.92 Å². The molecular weight excluding hydrogens is 258 g/mol. The van der Waals surface area contributed by atoms with Gasteiger partial charge in [-0.15, -0.1) is 0 Å². The molecule has 0 saturated heterocycles. The van der Waals surface area contributed by atoms with Crippen LogP contribution in [0.25, 0.3) is 0 Å². The summed E-state index contributed by atoms with van der Waals surface area (Å²) in [5.74, 6) is 0.911. The minimum atomic E-state index is 0.0311. The van der Waals surface area contributed by atoms with Crippen molar-refractivity contribution in [2.75, 3.05) is 7.05 Å². The van der Waals surface area contributed by atoms with Crippen LogP contribution in [0.15, 0.2) is 24.3 Å². The number of hydrogen-bond donors (Lipinski definition) is 1. The number of benzene rings is 1. The predicted octanol–water partition coefficient (Wildman–Crippen LogP) is 4.38. The average Bonchev–Trinajstić information content (AvgIpc) is 2.48. The maximum Gasteiger partial charge on any atom is 0.164 e. The number of ketones is 1. The molecule has 0 bridgehead atoms. The zero-order valence-corrected chi connectivity index (χ0v) is 13.7. The van der Waals surface area contributed by atoms with E-state index >= 15 is 0 Å². The van der Waals surface area contributed by atoms with Crippen LogP contribution >= 0.6 is 0 Å². The van der Waals surface area contributed by atoms with Crippen molar-refractivity contribution in [3.63, 3.8) is 0 Å². The first kappa shape index (κ1) is 16.2. The fraction of sp³-hybridized carbons (Fsp3) is 0.632. The first-order valence-corrected chi connectivity index (χ1v) is 8.36. The molecule has 1 aliphatic rings. The Morgan fingerprint density at radius 1 is 1.24 bits per heavy atom. The van der Waals surface area contributed by atoms with E-state index in [1.54, 1.807) is 0 Å². The van der Waals surface area contributed by atoms with Gasteiger partial charge in [-0.05, 0) is 43.9 Å². The second-order valence-electron chi connectivity index (χ2n) is 6.99. The van der Waals surface area contributed by atoms with Crippen LogP contribution in [-0.4, -0.2) is 18.4 Å². The molecule has 1 aromatic carbocycles. The lowest BCUT2D eigenvalue weighted by Crippen LogP contribution is -2.46. The smallest absolute Gasteiger partial charge is 0.164 e. The average molecular weight is 287 g/mol. The Bertz CT molecular complexity index is 472. The van der Waals surface area contributed by atoms with Crippen LogP contribution in [0.3, 0.4) is 0 Å². The number of Topliss-reactive ketones (excluding diaryl/α,β-unsaturated/α-hetero) is 1. The van der Waals surface area contributed by atoms with Crippen LogP contribution < -0.4 is 5.32 Å². The van der Waals surface area contributed by atoms with Crippen LogP contribution in [0.5, 0.6) is 0 Å². The van der Waals surface area contributed by atoms with Crippen LogP contribution in [0.1, 0.15) is 68.3 Å². The van der Waals surface area contributed by atoms with Gasteiger partial charge >= 0.3 is 0 Å². The molecule has 0 heterocycles. The Morgan fingerprint density at radius 3 is 2.57 bits per heavy atom. The summed E-state index contributed by atoms with van der Waals surface area (Å²) in [4.78, 5) is 12.7. The Hall–Kier alpha value is -1.15. The standard InChI is InChI=1S/C19H29NO/c1-15(2)12-16-8-7-9-17(13-16)18(21)14-19(20-3)10-5-4-6-11-19/h7-9,13,15,20H,4-6,10-12,14H2,1-3H3. The number of nitrogens with one attached hydrogen (secondary N) is 1. The van der Waals surface area contributed by atoms with Crippen molar-refractivity contribution in [2.45, 2.75) is 64.3 Å². The van der Waals surface area contributed by atoms with Gasteiger partial charge < -0.3 is 5.32 Å². The number of carbonyl (C=O) groups is 1. The van der Waals surface area contributed by atoms with Gasteiger partial charge in [0.1, 0.15) is 0 Å². The van der Waals surface area contributed by atoms with Crippen molar-refractivity contribution in [3.8, 4) is 0 Å². The third kappa shape index (κ3) is 4.41. The monoisotopic (exact) mass is 287 g/mol. The highest BCUT2D eigenvalue weighted by molar-refractivity contribution is 5.97. The molecule has 116 valence electrons. The van der Waals surface area contributed by atoms with E-state index in [9.17, 15) is 4.79 Å². The summed E-state index contributed by atoms with van der Waals surface area (Å²) >= 11 is 0. The summed E-state index contributed by atoms with van der Waals surface area (Å²) < 4.78 is 0. The van der Waals surface area contributed by atoms with Crippen molar-refractivity contribution in [1.29, 1.82) is 0 Å². The van der Waals surface area contributed by atoms with Gasteiger partial charge in [0.15, 0.2) is 5.78 Å². The lowest BCUT2D eigenvalue weighted by atomic mass is 9.77. The van der Waals surface area contributed by atoms with Gasteiger partial charge in [-0.1, -0.05) is 51.3 Å². The SMILES string of the molecule is CNC1(CC(=O)c2cccc(CC(C)C)c2)CCCCC1. The summed E-state index contributed by atoms with van der Waals surface area (Å²) in [6.45, 7) is 4.43. The second-order valence-corrected chi connectivity index (χ2v) is 6.99. The number of rotatable bonds is 6. The second kappa shape index (κ2) is 7.22. The van der Waals surface area contributed by atoms with Crippen LogP contribution in [0.2, 0.25) is 0 Å². The van der Waals surface area contributed by atoms with Crippen molar-refractivity contribution < 1.29 is 4.79 Å². The van der Waals surface area contributed by atoms with Gasteiger partial charge in [-0.25, -0.2) is 0 Å². The normalized spacial score (nSPS) is 17.9. The molecule has 21 heavy (non-hydrogen) atoms. The molecule has 0 atom stereocenters. The van der Waals surface area contributed by atoms with Crippen molar-refractivity contribution >= 4 is 5.78 Å². The molecule has 2 nitrogen and oxygen atoms in total. The summed E-state index contributed by atoms with van der Waals surface area (Å²) in [5, 5.41) is 3.44. The van der Waals surface area contributed by atoms with Gasteiger partial charge in [0.05, 0.1) is 0 Å². The zero-order valence-electron chi connectivity index (χ0n) is 13.7. The summed E-state index contributed by atoms with van der Waals surface area (Å²) in [5.41, 5.74) is 2.19. The molecule has 0 radical (unpaired) electrons. The van der Waals surface area contributed by atoms with Crippen LogP contribution in [0.4, 0.5) is 0 Å². The zero-order chi connectivity index (χ0) is 15.3. The molecule has 0 aliphatic heterocycles. The van der Waals surface area contributed by atoms with E-state index in [-0.39, 0.29) is 11.3 Å². The highest BCUT2D eigenvalue weighted by Gasteiger charge is 2.32. The molecule has 1 aromatic rings. The molecule has 2 rings (SSSR count). The molecule has 1 N–H and O–H groups in total. The van der Waals surface area contributed by atoms with E-state index in [1.807, 2.05) is 19.2 Å². The molecular formula is C19H29NO. The van der Waals surface area contributed by atoms with Crippen molar-refractivity contribution in [1.82, 2.24) is 5.32 Å². The van der Waals surface area contributed by atoms with Crippen molar-refractivity contribution in [3.05, 3.63) is 35.4 Å². The van der Waals surface area contributed by atoms with E-state index in [4.69, 9.17) is 0 Å². The Labute approximate surface area is 129 Å². The summed E-state index contributed by atoms with van der Waals surface area (Å²) in [7, 11) is 2.01. The number of carbonyl (C=O) groups excluding carboxylic acids is 1. The lowest BCUT2D eigenvalue weighted by molar-refractivity contribution is 0.0914. The first-order valence-electron chi connectivity index (χ1n) is 8.36. The predicted molar refractivity (Wildman–Crippen MR) is 88.8 cm³/mol. The summed E-state index contributed by atoms with van der Waals surface area (Å²) in [6.07, 6.45) is 7.71. The molecule has 0 unspecified atom stereocenters. The summed E-state index contributed by atoms with van der Waals surface area (Å²) in [6, 6.07) is 8.22. The molecule has 0 aromatic heterocycles. The maximum atomic E-state index is 12.7. The minimum absolute atomic E-state index is 0.0311. The lowest BCUT2D eigenvalue weighted by Gasteiger charge is -2.36. The van der Waals surface area contributed by atoms with Gasteiger partial charge in [0, 0.05) is 17.5 Å². The largest absolute Gasteiger partial charge is 0.314 e. The Morgan fingerprint density at radius 2 is 1.95 bits per heavy atom. The first-order chi connectivity index (χ1) is 10.0. The van der Waals surface area contributed by atoms with Gasteiger partial charge in [-0.3, -0.25) is 4.79 Å². The third-order valence-electron chi connectivity index (χ3n) is 4.73. The molecule has 1 aliphatic carbocycles. The minimum Gasteiger partial charge on any atom is -0.314 e. The van der Waals surface area contributed by atoms with E-state index in [0.29, 0.717) is 12.3 Å². The van der Waals surface area contributed by atoms with Gasteiger partial charge in [-0.2, -0.15) is 0 Å². The fourth-order valence-electron chi connectivity index (χ4n) is 3.50. The van der Waals surface area contributed by atoms with E-state index < -0.39 is 0 Å². The molecule has 2 heteroatoms. The maximum absolute atomic E-state index is 12.7. The topological polar surface area (TPSA) is 29.1 Å². The molecule has 1 fully saturated rings. The Kier molecular flexibility index (Phi) is 5.58. The highest BCUT2D eigenvalue weighted by atomic mass is 16.1. The van der Waals surface area contributed by atoms with Gasteiger partial charge in [0.25, 0.3) is 0 Å². The number of hydrogen-bond acceptors (Lipinski definition) is 2. The van der Waals surface area contributed by atoms with E-state index in [2.05, 4.69) is 31.3 Å². The Balaban J connectivity index is 2.08. The highest BCUT2D eigenvalue weighted by Crippen LogP contribution is 2.32. The molecule has 1 saturated carbocycles. The van der Waals surface area contributed by atoms with Crippen LogP contribution in [0, 0.1) is 5.92 Å². The fourth-order valence-corrected chi connectivity index (χ4v) is 3.50. The van der Waals surface area contributed by atoms with Crippen LogP contribution in [-0.2, 0) is 6.42 Å². The quantitative estimate of drug-likeness (QED) is 0.787. The van der Waals surface area contributed by atoms with E-state index in [1.165, 1.54) is 24.8 Å². The molecule has 0 spiro atoms.